The number of alkyl halides is 3. The zero-order valence-electron chi connectivity index (χ0n) is 22.3. The number of rotatable bonds is 8. The summed E-state index contributed by atoms with van der Waals surface area (Å²) in [6.07, 6.45) is -0.668. The molecule has 3 aromatic carbocycles. The van der Waals surface area contributed by atoms with Crippen molar-refractivity contribution in [2.75, 3.05) is 29.6 Å². The van der Waals surface area contributed by atoms with Gasteiger partial charge in [-0.1, -0.05) is 23.7 Å². The van der Waals surface area contributed by atoms with E-state index in [9.17, 15) is 27.6 Å². The van der Waals surface area contributed by atoms with Crippen molar-refractivity contribution in [2.45, 2.75) is 13.1 Å². The fourth-order valence-corrected chi connectivity index (χ4v) is 3.50. The van der Waals surface area contributed by atoms with Crippen LogP contribution in [0.1, 0.15) is 43.6 Å². The summed E-state index contributed by atoms with van der Waals surface area (Å²) in [6.45, 7) is 2.13. The largest absolute Gasteiger partial charge is 0.462 e. The summed E-state index contributed by atoms with van der Waals surface area (Å²) in [6, 6.07) is 15.2. The number of benzene rings is 3. The van der Waals surface area contributed by atoms with E-state index in [-0.39, 0.29) is 27.8 Å². The van der Waals surface area contributed by atoms with Crippen molar-refractivity contribution in [1.29, 1.82) is 0 Å². The summed E-state index contributed by atoms with van der Waals surface area (Å²) >= 11 is 5.75. The quantitative estimate of drug-likeness (QED) is 0.148. The third-order valence-corrected chi connectivity index (χ3v) is 5.75. The monoisotopic (exact) mass is 599 g/mol. The molecular formula is C29H25ClF3N5O4. The Bertz CT molecular complexity index is 1550. The molecule has 0 radical (unpaired) electrons. The predicted octanol–water partition coefficient (Wildman–Crippen LogP) is 6.86. The molecule has 218 valence electrons. The van der Waals surface area contributed by atoms with Crippen LogP contribution in [0.25, 0.3) is 0 Å². The van der Waals surface area contributed by atoms with Crippen LogP contribution in [0, 0.1) is 0 Å². The number of carbonyl (C=O) groups excluding carboxylic acids is 3. The summed E-state index contributed by atoms with van der Waals surface area (Å²) in [5.41, 5.74) is 1.42. The summed E-state index contributed by atoms with van der Waals surface area (Å²) in [7, 11) is 1.80. The topological polar surface area (TPSA) is 122 Å². The van der Waals surface area contributed by atoms with Crippen molar-refractivity contribution in [1.82, 2.24) is 9.97 Å². The van der Waals surface area contributed by atoms with E-state index >= 15 is 0 Å². The van der Waals surface area contributed by atoms with Crippen molar-refractivity contribution < 1.29 is 32.3 Å². The van der Waals surface area contributed by atoms with Crippen molar-refractivity contribution in [3.05, 3.63) is 106 Å². The lowest BCUT2D eigenvalue weighted by atomic mass is 10.1. The number of aromatic nitrogens is 2. The van der Waals surface area contributed by atoms with Crippen LogP contribution in [0.2, 0.25) is 5.02 Å². The maximum Gasteiger partial charge on any atom is 0.416 e. The minimum absolute atomic E-state index is 0.141. The number of amides is 1. The van der Waals surface area contributed by atoms with Crippen LogP contribution in [0.15, 0.2) is 79.1 Å². The first kappa shape index (κ1) is 31.6. The lowest BCUT2D eigenvalue weighted by molar-refractivity contribution is -0.137. The number of anilines is 4. The normalized spacial score (nSPS) is 10.5. The first-order chi connectivity index (χ1) is 20.0. The highest BCUT2D eigenvalue weighted by molar-refractivity contribution is 6.33. The van der Waals surface area contributed by atoms with Gasteiger partial charge in [0.05, 0.1) is 40.8 Å². The van der Waals surface area contributed by atoms with Gasteiger partial charge in [-0.2, -0.15) is 13.2 Å². The summed E-state index contributed by atoms with van der Waals surface area (Å²) in [5.74, 6) is -0.599. The van der Waals surface area contributed by atoms with E-state index < -0.39 is 17.6 Å². The van der Waals surface area contributed by atoms with Gasteiger partial charge in [-0.15, -0.1) is 0 Å². The molecule has 13 heteroatoms. The van der Waals surface area contributed by atoms with Crippen LogP contribution < -0.4 is 16.0 Å². The SMILES string of the molecule is CCOC(=O)c1cccc(Nc2ncc(NC)cn2)c1.O=Cc1cc(NC(=O)c2cccc(C(F)(F)F)c2)ccc1Cl. The number of hydrogen-bond acceptors (Lipinski definition) is 8. The van der Waals surface area contributed by atoms with E-state index in [0.717, 1.165) is 29.6 Å². The van der Waals surface area contributed by atoms with Crippen LogP contribution in [0.3, 0.4) is 0 Å². The van der Waals surface area contributed by atoms with Crippen molar-refractivity contribution >= 4 is 52.8 Å². The van der Waals surface area contributed by atoms with Gasteiger partial charge in [0.1, 0.15) is 0 Å². The van der Waals surface area contributed by atoms with Gasteiger partial charge >= 0.3 is 12.1 Å². The number of nitrogens with one attached hydrogen (secondary N) is 3. The first-order valence-corrected chi connectivity index (χ1v) is 12.7. The minimum atomic E-state index is -4.53. The first-order valence-electron chi connectivity index (χ1n) is 12.3. The molecule has 0 aliphatic carbocycles. The molecule has 0 spiro atoms. The third-order valence-electron chi connectivity index (χ3n) is 5.40. The second-order valence-corrected chi connectivity index (χ2v) is 8.77. The van der Waals surface area contributed by atoms with Crippen LogP contribution in [0.5, 0.6) is 0 Å². The average Bonchev–Trinajstić information content (AvgIpc) is 2.99. The molecule has 0 saturated carbocycles. The summed E-state index contributed by atoms with van der Waals surface area (Å²) in [4.78, 5) is 42.7. The number of nitrogens with zero attached hydrogens (tertiary/aromatic N) is 2. The number of esters is 1. The summed E-state index contributed by atoms with van der Waals surface area (Å²) < 4.78 is 42.8. The molecule has 0 bridgehead atoms. The zero-order valence-corrected chi connectivity index (χ0v) is 23.1. The van der Waals surface area contributed by atoms with Gasteiger partial charge in [0.2, 0.25) is 5.95 Å². The minimum Gasteiger partial charge on any atom is -0.462 e. The molecule has 0 aliphatic heterocycles. The molecule has 1 aromatic heterocycles. The van der Waals surface area contributed by atoms with Crippen LogP contribution >= 0.6 is 11.6 Å². The Balaban J connectivity index is 0.000000231. The lowest BCUT2D eigenvalue weighted by Crippen LogP contribution is -2.14. The maximum atomic E-state index is 12.6. The smallest absolute Gasteiger partial charge is 0.416 e. The van der Waals surface area contributed by atoms with E-state index in [1.165, 1.54) is 24.3 Å². The molecule has 0 atom stereocenters. The van der Waals surface area contributed by atoms with E-state index in [2.05, 4.69) is 25.9 Å². The molecular weight excluding hydrogens is 575 g/mol. The van der Waals surface area contributed by atoms with Gasteiger partial charge in [0.25, 0.3) is 5.91 Å². The Hall–Kier alpha value is -4.97. The standard InChI is InChI=1S/C15H9ClF3NO2.C14H16N4O2/c16-13-5-4-12(7-10(13)8-21)20-14(22)9-2-1-3-11(6-9)15(17,18)19;1-3-20-13(19)10-5-4-6-11(7-10)18-14-16-8-12(15-2)9-17-14/h1-8H,(H,20,22);4-9,15H,3H2,1-2H3,(H,16,17,18). The highest BCUT2D eigenvalue weighted by Gasteiger charge is 2.30. The van der Waals surface area contributed by atoms with Gasteiger partial charge in [-0.05, 0) is 61.5 Å². The second-order valence-electron chi connectivity index (χ2n) is 8.36. The van der Waals surface area contributed by atoms with Crippen molar-refractivity contribution in [3.8, 4) is 0 Å². The van der Waals surface area contributed by atoms with Crippen molar-refractivity contribution in [2.24, 2.45) is 0 Å². The molecule has 3 N–H and O–H groups in total. The number of hydrogen-bond donors (Lipinski definition) is 3. The molecule has 4 aromatic rings. The molecule has 0 aliphatic rings. The molecule has 0 unspecified atom stereocenters. The molecule has 1 amide bonds. The van der Waals surface area contributed by atoms with E-state index in [0.29, 0.717) is 24.4 Å². The molecule has 9 nitrogen and oxygen atoms in total. The predicted molar refractivity (Wildman–Crippen MR) is 153 cm³/mol. The van der Waals surface area contributed by atoms with Crippen LogP contribution in [-0.2, 0) is 10.9 Å². The van der Waals surface area contributed by atoms with E-state index in [4.69, 9.17) is 16.3 Å². The van der Waals surface area contributed by atoms with Crippen LogP contribution in [-0.4, -0.2) is 41.8 Å². The zero-order chi connectivity index (χ0) is 30.7. The average molecular weight is 600 g/mol. The molecule has 4 rings (SSSR count). The fraction of sp³-hybridized carbons (Fsp3) is 0.138. The highest BCUT2D eigenvalue weighted by atomic mass is 35.5. The van der Waals surface area contributed by atoms with E-state index in [1.807, 2.05) is 6.07 Å². The Labute approximate surface area is 244 Å². The van der Waals surface area contributed by atoms with Gasteiger partial charge < -0.3 is 20.7 Å². The van der Waals surface area contributed by atoms with Gasteiger partial charge in [-0.25, -0.2) is 14.8 Å². The molecule has 0 saturated heterocycles. The van der Waals surface area contributed by atoms with Crippen LogP contribution in [0.4, 0.5) is 36.2 Å². The number of ether oxygens (including phenoxy) is 1. The van der Waals surface area contributed by atoms with E-state index in [1.54, 1.807) is 44.6 Å². The third kappa shape index (κ3) is 9.03. The molecule has 0 fully saturated rings. The number of aldehydes is 1. The maximum absolute atomic E-state index is 12.6. The van der Waals surface area contributed by atoms with Gasteiger partial charge in [0, 0.05) is 29.5 Å². The Morgan fingerprint density at radius 3 is 2.26 bits per heavy atom. The number of halogens is 4. The second kappa shape index (κ2) is 14.6. The van der Waals surface area contributed by atoms with Crippen molar-refractivity contribution in [3.63, 3.8) is 0 Å². The Kier molecular flexibility index (Phi) is 11.0. The number of carbonyl (C=O) groups is 3. The Morgan fingerprint density at radius 1 is 0.929 bits per heavy atom. The highest BCUT2D eigenvalue weighted by Crippen LogP contribution is 2.30. The fourth-order valence-electron chi connectivity index (χ4n) is 3.34. The Morgan fingerprint density at radius 2 is 1.62 bits per heavy atom. The summed E-state index contributed by atoms with van der Waals surface area (Å²) in [5, 5.41) is 8.61. The van der Waals surface area contributed by atoms with Gasteiger partial charge in [0.15, 0.2) is 6.29 Å². The van der Waals surface area contributed by atoms with Gasteiger partial charge in [-0.3, -0.25) is 9.59 Å². The lowest BCUT2D eigenvalue weighted by Gasteiger charge is -2.10. The molecule has 42 heavy (non-hydrogen) atoms. The molecule has 1 heterocycles.